The Morgan fingerprint density at radius 1 is 1.45 bits per heavy atom. The third-order valence-corrected chi connectivity index (χ3v) is 4.25. The molecule has 1 aliphatic rings. The minimum Gasteiger partial charge on any atom is -0.338 e. The van der Waals surface area contributed by atoms with Crippen molar-refractivity contribution >= 4 is 16.7 Å². The fourth-order valence-electron chi connectivity index (χ4n) is 2.84. The van der Waals surface area contributed by atoms with Gasteiger partial charge in [-0.1, -0.05) is 19.1 Å². The molecule has 4 heteroatoms. The first-order valence-electron chi connectivity index (χ1n) is 6.95. The average molecular weight is 269 g/mol. The third-order valence-electron chi connectivity index (χ3n) is 4.25. The molecule has 2 heterocycles. The SMILES string of the molecule is CC1(CN)CCN(C(=O)c2cccc3cnccc23)C1. The summed E-state index contributed by atoms with van der Waals surface area (Å²) in [5, 5.41) is 1.97. The van der Waals surface area contributed by atoms with Crippen LogP contribution in [0, 0.1) is 5.41 Å². The van der Waals surface area contributed by atoms with E-state index in [0.29, 0.717) is 6.54 Å². The molecule has 0 spiro atoms. The molecule has 1 atom stereocenters. The molecule has 0 aliphatic carbocycles. The molecular formula is C16H19N3O. The molecule has 0 bridgehead atoms. The Morgan fingerprint density at radius 2 is 2.30 bits per heavy atom. The number of rotatable bonds is 2. The van der Waals surface area contributed by atoms with Crippen LogP contribution in [0.2, 0.25) is 0 Å². The summed E-state index contributed by atoms with van der Waals surface area (Å²) >= 11 is 0. The van der Waals surface area contributed by atoms with Crippen LogP contribution in [0.3, 0.4) is 0 Å². The fourth-order valence-corrected chi connectivity index (χ4v) is 2.84. The molecule has 3 rings (SSSR count). The van der Waals surface area contributed by atoms with Crippen molar-refractivity contribution in [2.45, 2.75) is 13.3 Å². The molecule has 1 unspecified atom stereocenters. The van der Waals surface area contributed by atoms with Gasteiger partial charge in [-0.05, 0) is 35.9 Å². The number of nitrogens with zero attached hydrogens (tertiary/aromatic N) is 2. The first kappa shape index (κ1) is 13.1. The number of carbonyl (C=O) groups is 1. The third kappa shape index (κ3) is 2.16. The summed E-state index contributed by atoms with van der Waals surface area (Å²) in [4.78, 5) is 18.8. The van der Waals surface area contributed by atoms with Gasteiger partial charge in [-0.3, -0.25) is 9.78 Å². The summed E-state index contributed by atoms with van der Waals surface area (Å²) < 4.78 is 0. The first-order valence-corrected chi connectivity index (χ1v) is 6.95. The predicted octanol–water partition coefficient (Wildman–Crippen LogP) is 2.05. The van der Waals surface area contributed by atoms with Crippen LogP contribution in [0.1, 0.15) is 23.7 Å². The highest BCUT2D eigenvalue weighted by Crippen LogP contribution is 2.30. The van der Waals surface area contributed by atoms with Gasteiger partial charge >= 0.3 is 0 Å². The average Bonchev–Trinajstić information content (AvgIpc) is 2.89. The second-order valence-electron chi connectivity index (χ2n) is 5.89. The van der Waals surface area contributed by atoms with E-state index < -0.39 is 0 Å². The number of carbonyl (C=O) groups excluding carboxylic acids is 1. The van der Waals surface area contributed by atoms with Gasteiger partial charge in [-0.15, -0.1) is 0 Å². The highest BCUT2D eigenvalue weighted by Gasteiger charge is 2.35. The van der Waals surface area contributed by atoms with E-state index in [9.17, 15) is 4.79 Å². The maximum Gasteiger partial charge on any atom is 0.254 e. The number of pyridine rings is 1. The van der Waals surface area contributed by atoms with Crippen LogP contribution in [0.4, 0.5) is 0 Å². The van der Waals surface area contributed by atoms with Gasteiger partial charge in [-0.2, -0.15) is 0 Å². The van der Waals surface area contributed by atoms with Gasteiger partial charge in [0, 0.05) is 36.4 Å². The molecule has 0 radical (unpaired) electrons. The van der Waals surface area contributed by atoms with Gasteiger partial charge in [0.2, 0.25) is 0 Å². The number of hydrogen-bond acceptors (Lipinski definition) is 3. The van der Waals surface area contributed by atoms with Gasteiger partial charge in [0.25, 0.3) is 5.91 Å². The van der Waals surface area contributed by atoms with Crippen molar-refractivity contribution in [3.05, 3.63) is 42.2 Å². The summed E-state index contributed by atoms with van der Waals surface area (Å²) in [6.07, 6.45) is 4.49. The van der Waals surface area contributed by atoms with Crippen molar-refractivity contribution in [3.8, 4) is 0 Å². The maximum atomic E-state index is 12.7. The monoisotopic (exact) mass is 269 g/mol. The van der Waals surface area contributed by atoms with Crippen LogP contribution in [-0.2, 0) is 0 Å². The number of likely N-dealkylation sites (tertiary alicyclic amines) is 1. The highest BCUT2D eigenvalue weighted by molar-refractivity contribution is 6.06. The smallest absolute Gasteiger partial charge is 0.254 e. The minimum absolute atomic E-state index is 0.0573. The van der Waals surface area contributed by atoms with E-state index in [2.05, 4.69) is 11.9 Å². The van der Waals surface area contributed by atoms with Crippen LogP contribution in [0.25, 0.3) is 10.8 Å². The lowest BCUT2D eigenvalue weighted by atomic mass is 9.90. The lowest BCUT2D eigenvalue weighted by molar-refractivity contribution is 0.0779. The Morgan fingerprint density at radius 3 is 3.05 bits per heavy atom. The summed E-state index contributed by atoms with van der Waals surface area (Å²) in [6.45, 7) is 4.29. The van der Waals surface area contributed by atoms with Gasteiger partial charge in [-0.25, -0.2) is 0 Å². The van der Waals surface area contributed by atoms with Crippen molar-refractivity contribution in [2.24, 2.45) is 11.1 Å². The number of amides is 1. The Hall–Kier alpha value is -1.94. The second kappa shape index (κ2) is 4.87. The van der Waals surface area contributed by atoms with Gasteiger partial charge in [0.1, 0.15) is 0 Å². The maximum absolute atomic E-state index is 12.7. The summed E-state index contributed by atoms with van der Waals surface area (Å²) in [6, 6.07) is 7.69. The molecule has 20 heavy (non-hydrogen) atoms. The molecule has 1 fully saturated rings. The zero-order valence-corrected chi connectivity index (χ0v) is 11.7. The molecule has 0 saturated carbocycles. The zero-order chi connectivity index (χ0) is 14.2. The van der Waals surface area contributed by atoms with Crippen LogP contribution in [-0.4, -0.2) is 35.4 Å². The van der Waals surface area contributed by atoms with E-state index >= 15 is 0 Å². The minimum atomic E-state index is 0.0573. The lowest BCUT2D eigenvalue weighted by Crippen LogP contribution is -2.34. The van der Waals surface area contributed by atoms with Gasteiger partial charge in [0.15, 0.2) is 0 Å². The second-order valence-corrected chi connectivity index (χ2v) is 5.89. The Balaban J connectivity index is 1.94. The lowest BCUT2D eigenvalue weighted by Gasteiger charge is -2.23. The van der Waals surface area contributed by atoms with E-state index in [1.165, 1.54) is 0 Å². The number of nitrogens with two attached hydrogens (primary N) is 1. The normalized spacial score (nSPS) is 22.4. The number of fused-ring (bicyclic) bond motifs is 1. The summed E-state index contributed by atoms with van der Waals surface area (Å²) in [5.41, 5.74) is 6.63. The van der Waals surface area contributed by atoms with Crippen molar-refractivity contribution in [2.75, 3.05) is 19.6 Å². The summed E-state index contributed by atoms with van der Waals surface area (Å²) in [7, 11) is 0. The molecule has 1 saturated heterocycles. The van der Waals surface area contributed by atoms with Crippen LogP contribution in [0.5, 0.6) is 0 Å². The topological polar surface area (TPSA) is 59.2 Å². The van der Waals surface area contributed by atoms with Crippen LogP contribution in [0.15, 0.2) is 36.7 Å². The number of aromatic nitrogens is 1. The molecule has 2 N–H and O–H groups in total. The quantitative estimate of drug-likeness (QED) is 0.907. The van der Waals surface area contributed by atoms with Crippen molar-refractivity contribution < 1.29 is 4.79 Å². The molecular weight excluding hydrogens is 250 g/mol. The van der Waals surface area contributed by atoms with Crippen molar-refractivity contribution in [3.63, 3.8) is 0 Å². The molecule has 1 aliphatic heterocycles. The van der Waals surface area contributed by atoms with Gasteiger partial charge < -0.3 is 10.6 Å². The summed E-state index contributed by atoms with van der Waals surface area (Å²) in [5.74, 6) is 0.0963. The Kier molecular flexibility index (Phi) is 3.18. The number of benzene rings is 1. The van der Waals surface area contributed by atoms with E-state index in [1.807, 2.05) is 29.2 Å². The van der Waals surface area contributed by atoms with Gasteiger partial charge in [0.05, 0.1) is 0 Å². The Bertz CT molecular complexity index is 650. The van der Waals surface area contributed by atoms with Crippen molar-refractivity contribution in [1.29, 1.82) is 0 Å². The molecule has 1 amide bonds. The highest BCUT2D eigenvalue weighted by atomic mass is 16.2. The zero-order valence-electron chi connectivity index (χ0n) is 11.7. The predicted molar refractivity (Wildman–Crippen MR) is 79.4 cm³/mol. The first-order chi connectivity index (χ1) is 9.63. The molecule has 2 aromatic rings. The van der Waals surface area contributed by atoms with Crippen molar-refractivity contribution in [1.82, 2.24) is 9.88 Å². The van der Waals surface area contributed by atoms with E-state index in [4.69, 9.17) is 5.73 Å². The molecule has 1 aromatic carbocycles. The fraction of sp³-hybridized carbons (Fsp3) is 0.375. The van der Waals surface area contributed by atoms with E-state index in [0.717, 1.165) is 35.8 Å². The Labute approximate surface area is 118 Å². The number of hydrogen-bond donors (Lipinski definition) is 1. The van der Waals surface area contributed by atoms with Crippen LogP contribution < -0.4 is 5.73 Å². The molecule has 104 valence electrons. The van der Waals surface area contributed by atoms with E-state index in [1.54, 1.807) is 12.4 Å². The standard InChI is InChI=1S/C16H19N3O/c1-16(10-17)6-8-19(11-16)15(20)14-4-2-3-12-9-18-7-5-13(12)14/h2-5,7,9H,6,8,10-11,17H2,1H3. The molecule has 1 aromatic heterocycles. The van der Waals surface area contributed by atoms with E-state index in [-0.39, 0.29) is 11.3 Å². The largest absolute Gasteiger partial charge is 0.338 e. The van der Waals surface area contributed by atoms with Crippen LogP contribution >= 0.6 is 0 Å². The molecule has 4 nitrogen and oxygen atoms in total.